The normalized spacial score (nSPS) is 14.8. The zero-order chi connectivity index (χ0) is 29.2. The van der Waals surface area contributed by atoms with Crippen LogP contribution in [0.2, 0.25) is 0 Å². The van der Waals surface area contributed by atoms with Crippen molar-refractivity contribution in [1.29, 1.82) is 0 Å². The Hall–Kier alpha value is -3.00. The fraction of sp³-hybridized carbons (Fsp3) is 0.500. The molecule has 0 radical (unpaired) electrons. The van der Waals surface area contributed by atoms with Crippen molar-refractivity contribution in [3.05, 3.63) is 85.1 Å². The highest BCUT2D eigenvalue weighted by molar-refractivity contribution is 5.72. The number of allylic oxidation sites excluding steroid dienone is 14. The van der Waals surface area contributed by atoms with Crippen LogP contribution >= 0.6 is 0 Å². The number of quaternary nitrogens is 1. The maximum absolute atomic E-state index is 11.8. The van der Waals surface area contributed by atoms with Crippen LogP contribution in [0.3, 0.4) is 0 Å². The number of aliphatic carboxylic acids is 1. The van der Waals surface area contributed by atoms with Crippen molar-refractivity contribution in [3.63, 3.8) is 0 Å². The van der Waals surface area contributed by atoms with Crippen LogP contribution in [0.5, 0.6) is 0 Å². The molecule has 0 bridgehead atoms. The van der Waals surface area contributed by atoms with Gasteiger partial charge in [-0.1, -0.05) is 98.4 Å². The largest absolute Gasteiger partial charge is 0.477 e. The number of carbonyl (C=O) groups excluding carboxylic acids is 1. The van der Waals surface area contributed by atoms with E-state index in [9.17, 15) is 19.8 Å². The van der Waals surface area contributed by atoms with Crippen molar-refractivity contribution in [2.75, 3.05) is 41.0 Å². The topological polar surface area (TPSA) is 93.1 Å². The molecule has 2 unspecified atom stereocenters. The zero-order valence-corrected chi connectivity index (χ0v) is 24.3. The SMILES string of the molecule is CC/C=C/C=C/C=C/C=C/C=C/C=C/C=C/CCCCCC(=O)OCC(O)COCCC(C(=O)O)[N+](C)(C)C. The van der Waals surface area contributed by atoms with Crippen LogP contribution in [0, 0.1) is 0 Å². The second kappa shape index (κ2) is 24.1. The third-order valence-corrected chi connectivity index (χ3v) is 5.48. The summed E-state index contributed by atoms with van der Waals surface area (Å²) < 4.78 is 10.8. The highest BCUT2D eigenvalue weighted by atomic mass is 16.5. The van der Waals surface area contributed by atoms with E-state index < -0.39 is 18.1 Å². The van der Waals surface area contributed by atoms with Gasteiger partial charge in [0.15, 0.2) is 6.04 Å². The number of likely N-dealkylation sites (N-methyl/N-ethyl adjacent to an activating group) is 1. The molecule has 7 heteroatoms. The number of aliphatic hydroxyl groups is 1. The Morgan fingerprint density at radius 2 is 1.31 bits per heavy atom. The van der Waals surface area contributed by atoms with Gasteiger partial charge in [0.25, 0.3) is 0 Å². The molecule has 0 aliphatic heterocycles. The van der Waals surface area contributed by atoms with Gasteiger partial charge < -0.3 is 24.2 Å². The molecule has 0 aromatic carbocycles. The van der Waals surface area contributed by atoms with Crippen LogP contribution in [-0.2, 0) is 19.1 Å². The van der Waals surface area contributed by atoms with E-state index >= 15 is 0 Å². The summed E-state index contributed by atoms with van der Waals surface area (Å²) in [6, 6.07) is -0.587. The van der Waals surface area contributed by atoms with Gasteiger partial charge in [0, 0.05) is 12.8 Å². The third kappa shape index (κ3) is 23.8. The fourth-order valence-electron chi connectivity index (χ4n) is 3.31. The van der Waals surface area contributed by atoms with Crippen LogP contribution in [0.1, 0.15) is 51.9 Å². The number of rotatable bonds is 22. The lowest BCUT2D eigenvalue weighted by atomic mass is 10.1. The highest BCUT2D eigenvalue weighted by Crippen LogP contribution is 2.09. The number of unbranched alkanes of at least 4 members (excludes halogenated alkanes) is 3. The van der Waals surface area contributed by atoms with E-state index in [1.54, 1.807) is 0 Å². The van der Waals surface area contributed by atoms with E-state index in [2.05, 4.69) is 19.1 Å². The van der Waals surface area contributed by atoms with Gasteiger partial charge in [-0.3, -0.25) is 4.79 Å². The number of esters is 1. The lowest BCUT2D eigenvalue weighted by molar-refractivity contribution is -0.887. The highest BCUT2D eigenvalue weighted by Gasteiger charge is 2.30. The standard InChI is InChI=1S/C32H49NO6/c1-5-6-7-8-9-10-11-12-13-14-15-16-17-18-19-20-21-22-23-24-31(35)39-28-29(34)27-38-26-25-30(32(36)37)33(2,3)4/h6-19,29-30,34H,5,20-28H2,1-4H3/p+1/b7-6+,9-8+,11-10+,13-12+,15-14+,17-16+,19-18+. The summed E-state index contributed by atoms with van der Waals surface area (Å²) in [5.74, 6) is -1.21. The summed E-state index contributed by atoms with van der Waals surface area (Å²) in [6.45, 7) is 2.19. The second-order valence-corrected chi connectivity index (χ2v) is 9.96. The molecule has 0 spiro atoms. The molecule has 0 amide bonds. The van der Waals surface area contributed by atoms with Crippen LogP contribution in [0.15, 0.2) is 85.1 Å². The van der Waals surface area contributed by atoms with Gasteiger partial charge >= 0.3 is 11.9 Å². The number of carboxylic acids is 1. The number of carbonyl (C=O) groups is 2. The maximum atomic E-state index is 11.8. The Morgan fingerprint density at radius 1 is 0.769 bits per heavy atom. The van der Waals surface area contributed by atoms with Gasteiger partial charge in [-0.15, -0.1) is 0 Å². The number of aliphatic hydroxyl groups excluding tert-OH is 1. The Kier molecular flexibility index (Phi) is 22.2. The summed E-state index contributed by atoms with van der Waals surface area (Å²) in [4.78, 5) is 23.2. The van der Waals surface area contributed by atoms with E-state index in [4.69, 9.17) is 9.47 Å². The molecular weight excluding hydrogens is 494 g/mol. The molecule has 0 aromatic heterocycles. The minimum Gasteiger partial charge on any atom is -0.477 e. The van der Waals surface area contributed by atoms with Gasteiger partial charge in [0.2, 0.25) is 0 Å². The lowest BCUT2D eigenvalue weighted by Gasteiger charge is -2.31. The third-order valence-electron chi connectivity index (χ3n) is 5.48. The van der Waals surface area contributed by atoms with Crippen molar-refractivity contribution < 1.29 is 33.8 Å². The monoisotopic (exact) mass is 544 g/mol. The van der Waals surface area contributed by atoms with Gasteiger partial charge in [-0.05, 0) is 25.7 Å². The first-order chi connectivity index (χ1) is 18.7. The van der Waals surface area contributed by atoms with Crippen molar-refractivity contribution in [3.8, 4) is 0 Å². The second-order valence-electron chi connectivity index (χ2n) is 9.96. The summed E-state index contributed by atoms with van der Waals surface area (Å²) >= 11 is 0. The molecule has 2 N–H and O–H groups in total. The first-order valence-electron chi connectivity index (χ1n) is 13.8. The predicted octanol–water partition coefficient (Wildman–Crippen LogP) is 5.71. The average Bonchev–Trinajstić information content (AvgIpc) is 2.87. The van der Waals surface area contributed by atoms with E-state index in [1.165, 1.54) is 0 Å². The molecular formula is C32H50NO6+. The molecule has 0 saturated heterocycles. The first-order valence-corrected chi connectivity index (χ1v) is 13.8. The quantitative estimate of drug-likeness (QED) is 0.0785. The minimum atomic E-state index is -0.928. The first kappa shape index (κ1) is 36.0. The molecule has 7 nitrogen and oxygen atoms in total. The average molecular weight is 545 g/mol. The molecule has 0 aromatic rings. The summed E-state index contributed by atoms with van der Waals surface area (Å²) in [5.41, 5.74) is 0. The number of ether oxygens (including phenoxy) is 2. The molecule has 0 saturated carbocycles. The van der Waals surface area contributed by atoms with E-state index in [0.717, 1.165) is 32.1 Å². The van der Waals surface area contributed by atoms with Crippen molar-refractivity contribution in [2.24, 2.45) is 0 Å². The van der Waals surface area contributed by atoms with E-state index in [1.807, 2.05) is 94.1 Å². The Balaban J connectivity index is 3.80. The maximum Gasteiger partial charge on any atom is 0.362 e. The molecule has 0 aliphatic carbocycles. The summed E-state index contributed by atoms with van der Waals surface area (Å²) in [6.07, 6.45) is 32.5. The number of nitrogens with zero attached hydrogens (tertiary/aromatic N) is 1. The Bertz CT molecular complexity index is 858. The smallest absolute Gasteiger partial charge is 0.362 e. The van der Waals surface area contributed by atoms with Crippen LogP contribution in [0.4, 0.5) is 0 Å². The fourth-order valence-corrected chi connectivity index (χ4v) is 3.31. The Morgan fingerprint density at radius 3 is 1.82 bits per heavy atom. The van der Waals surface area contributed by atoms with Gasteiger partial charge in [-0.25, -0.2) is 4.79 Å². The lowest BCUT2D eigenvalue weighted by Crippen LogP contribution is -2.50. The van der Waals surface area contributed by atoms with E-state index in [-0.39, 0.29) is 30.3 Å². The van der Waals surface area contributed by atoms with Crippen LogP contribution < -0.4 is 0 Å². The molecule has 218 valence electrons. The number of hydrogen-bond donors (Lipinski definition) is 2. The molecule has 0 fully saturated rings. The summed E-state index contributed by atoms with van der Waals surface area (Å²) in [7, 11) is 5.44. The van der Waals surface area contributed by atoms with Crippen molar-refractivity contribution in [1.82, 2.24) is 0 Å². The van der Waals surface area contributed by atoms with Crippen LogP contribution in [0.25, 0.3) is 0 Å². The Labute approximate surface area is 235 Å². The molecule has 2 atom stereocenters. The predicted molar refractivity (Wildman–Crippen MR) is 159 cm³/mol. The van der Waals surface area contributed by atoms with Crippen molar-refractivity contribution >= 4 is 11.9 Å². The molecule has 0 aliphatic rings. The number of hydrogen-bond acceptors (Lipinski definition) is 5. The van der Waals surface area contributed by atoms with Gasteiger partial charge in [0.1, 0.15) is 12.7 Å². The molecule has 39 heavy (non-hydrogen) atoms. The minimum absolute atomic E-state index is 0.00335. The van der Waals surface area contributed by atoms with Crippen LogP contribution in [-0.4, -0.2) is 79.7 Å². The van der Waals surface area contributed by atoms with Gasteiger partial charge in [0.05, 0.1) is 34.4 Å². The molecule has 0 rings (SSSR count). The number of carboxylic acid groups (broad SMARTS) is 1. The van der Waals surface area contributed by atoms with Crippen molar-refractivity contribution in [2.45, 2.75) is 64.0 Å². The molecule has 0 heterocycles. The summed E-state index contributed by atoms with van der Waals surface area (Å²) in [5, 5.41) is 19.2. The van der Waals surface area contributed by atoms with E-state index in [0.29, 0.717) is 12.8 Å². The van der Waals surface area contributed by atoms with Gasteiger partial charge in [-0.2, -0.15) is 0 Å². The zero-order valence-electron chi connectivity index (χ0n) is 24.3.